The van der Waals surface area contributed by atoms with Crippen molar-refractivity contribution >= 4 is 34.2 Å². The van der Waals surface area contributed by atoms with Gasteiger partial charge in [-0.05, 0) is 48.1 Å². The third-order valence-corrected chi connectivity index (χ3v) is 5.96. The fraction of sp³-hybridized carbons (Fsp3) is 0.304. The molecule has 1 fully saturated rings. The SMILES string of the molecule is C[C@@H]1CN(C(=O)c2ccnc(F)c2F)CC=C1c1cc(NC(=O)C2CC2)nc2[nH]ccc12. The van der Waals surface area contributed by atoms with Gasteiger partial charge in [0.2, 0.25) is 11.9 Å². The van der Waals surface area contributed by atoms with Crippen molar-refractivity contribution in [3.05, 3.63) is 59.6 Å². The molecule has 2 N–H and O–H groups in total. The summed E-state index contributed by atoms with van der Waals surface area (Å²) in [7, 11) is 0. The second-order valence-corrected chi connectivity index (χ2v) is 8.29. The Kier molecular flexibility index (Phi) is 4.96. The van der Waals surface area contributed by atoms with Crippen molar-refractivity contribution in [2.75, 3.05) is 18.4 Å². The maximum Gasteiger partial charge on any atom is 0.257 e. The minimum absolute atomic E-state index is 0.0246. The van der Waals surface area contributed by atoms with E-state index in [0.717, 1.165) is 35.6 Å². The number of nitrogens with zero attached hydrogens (tertiary/aromatic N) is 3. The van der Waals surface area contributed by atoms with Gasteiger partial charge in [-0.1, -0.05) is 13.0 Å². The van der Waals surface area contributed by atoms with Crippen LogP contribution in [-0.2, 0) is 4.79 Å². The van der Waals surface area contributed by atoms with E-state index in [1.165, 1.54) is 11.0 Å². The molecule has 0 saturated heterocycles. The number of hydrogen-bond acceptors (Lipinski definition) is 4. The average Bonchev–Trinajstić information content (AvgIpc) is 3.53. The molecule has 0 aromatic carbocycles. The van der Waals surface area contributed by atoms with Crippen molar-refractivity contribution in [3.63, 3.8) is 0 Å². The summed E-state index contributed by atoms with van der Waals surface area (Å²) in [5, 5.41) is 3.81. The van der Waals surface area contributed by atoms with Crippen LogP contribution in [0.3, 0.4) is 0 Å². The summed E-state index contributed by atoms with van der Waals surface area (Å²) in [6.07, 6.45) is 6.58. The summed E-state index contributed by atoms with van der Waals surface area (Å²) in [5.74, 6) is -2.66. The molecule has 3 aromatic heterocycles. The van der Waals surface area contributed by atoms with Gasteiger partial charge in [0.05, 0.1) is 5.56 Å². The van der Waals surface area contributed by atoms with Crippen molar-refractivity contribution in [1.29, 1.82) is 0 Å². The summed E-state index contributed by atoms with van der Waals surface area (Å²) in [6.45, 7) is 2.56. The smallest absolute Gasteiger partial charge is 0.257 e. The number of H-pyrrole nitrogens is 1. The van der Waals surface area contributed by atoms with Gasteiger partial charge in [0.1, 0.15) is 11.5 Å². The van der Waals surface area contributed by atoms with Crippen molar-refractivity contribution in [2.45, 2.75) is 19.8 Å². The van der Waals surface area contributed by atoms with E-state index >= 15 is 0 Å². The molecule has 4 heterocycles. The first-order valence-corrected chi connectivity index (χ1v) is 10.5. The van der Waals surface area contributed by atoms with Crippen molar-refractivity contribution in [1.82, 2.24) is 19.9 Å². The lowest BCUT2D eigenvalue weighted by Gasteiger charge is -2.32. The number of aromatic amines is 1. The number of amides is 2. The van der Waals surface area contributed by atoms with Crippen LogP contribution >= 0.6 is 0 Å². The lowest BCUT2D eigenvalue weighted by molar-refractivity contribution is -0.117. The number of carbonyl (C=O) groups is 2. The van der Waals surface area contributed by atoms with Crippen LogP contribution in [0.4, 0.5) is 14.6 Å². The molecule has 1 saturated carbocycles. The predicted octanol–water partition coefficient (Wildman–Crippen LogP) is 3.76. The van der Waals surface area contributed by atoms with Gasteiger partial charge in [-0.3, -0.25) is 9.59 Å². The molecule has 3 aromatic rings. The Hall–Kier alpha value is -3.62. The summed E-state index contributed by atoms with van der Waals surface area (Å²) in [6, 6.07) is 4.96. The van der Waals surface area contributed by atoms with Crippen LogP contribution in [0.5, 0.6) is 0 Å². The molecule has 164 valence electrons. The topological polar surface area (TPSA) is 91.0 Å². The molecule has 2 amide bonds. The summed E-state index contributed by atoms with van der Waals surface area (Å²) < 4.78 is 27.5. The molecule has 5 rings (SSSR count). The highest BCUT2D eigenvalue weighted by Gasteiger charge is 2.31. The molecule has 9 heteroatoms. The third kappa shape index (κ3) is 3.63. The van der Waals surface area contributed by atoms with Gasteiger partial charge < -0.3 is 15.2 Å². The van der Waals surface area contributed by atoms with Crippen LogP contribution in [0.25, 0.3) is 16.6 Å². The van der Waals surface area contributed by atoms with E-state index in [-0.39, 0.29) is 29.9 Å². The zero-order valence-electron chi connectivity index (χ0n) is 17.4. The van der Waals surface area contributed by atoms with Crippen LogP contribution in [0.2, 0.25) is 0 Å². The minimum Gasteiger partial charge on any atom is -0.346 e. The van der Waals surface area contributed by atoms with Gasteiger partial charge in [0, 0.05) is 36.8 Å². The third-order valence-electron chi connectivity index (χ3n) is 5.96. The molecule has 0 radical (unpaired) electrons. The van der Waals surface area contributed by atoms with E-state index in [1.54, 1.807) is 6.20 Å². The molecule has 0 bridgehead atoms. The largest absolute Gasteiger partial charge is 0.346 e. The second kappa shape index (κ2) is 7.81. The number of hydrogen-bond donors (Lipinski definition) is 2. The van der Waals surface area contributed by atoms with Gasteiger partial charge in [-0.15, -0.1) is 0 Å². The molecule has 7 nitrogen and oxygen atoms in total. The number of nitrogens with one attached hydrogen (secondary N) is 2. The Morgan fingerprint density at radius 2 is 2.06 bits per heavy atom. The fourth-order valence-electron chi connectivity index (χ4n) is 4.12. The Bertz CT molecular complexity index is 1260. The zero-order chi connectivity index (χ0) is 22.4. The standard InChI is InChI=1S/C23H21F2N5O2/c1-12-11-30(23(32)16-5-7-26-20(25)19(16)24)9-6-14(12)17-10-18(29-22(31)13-2-3-13)28-21-15(17)4-8-27-21/h4-8,10,12-13H,2-3,9,11H2,1H3,(H2,27,28,29,31)/t12-/m1/s1. The quantitative estimate of drug-likeness (QED) is 0.608. The number of pyridine rings is 2. The molecule has 1 aliphatic carbocycles. The monoisotopic (exact) mass is 437 g/mol. The summed E-state index contributed by atoms with van der Waals surface area (Å²) in [5.41, 5.74) is 2.26. The number of anilines is 1. The lowest BCUT2D eigenvalue weighted by Crippen LogP contribution is -2.38. The van der Waals surface area contributed by atoms with Gasteiger partial charge in [-0.25, -0.2) is 14.4 Å². The predicted molar refractivity (Wildman–Crippen MR) is 115 cm³/mol. The molecule has 0 unspecified atom stereocenters. The molecule has 32 heavy (non-hydrogen) atoms. The number of carbonyl (C=O) groups excluding carboxylic acids is 2. The summed E-state index contributed by atoms with van der Waals surface area (Å²) in [4.78, 5) is 37.3. The normalized spacial score (nSPS) is 18.5. The average molecular weight is 437 g/mol. The van der Waals surface area contributed by atoms with Crippen molar-refractivity contribution < 1.29 is 18.4 Å². The second-order valence-electron chi connectivity index (χ2n) is 8.29. The van der Waals surface area contributed by atoms with E-state index in [9.17, 15) is 18.4 Å². The minimum atomic E-state index is -1.29. The molecule has 0 spiro atoms. The van der Waals surface area contributed by atoms with Crippen LogP contribution in [0.1, 0.15) is 35.7 Å². The molecule has 1 atom stereocenters. The van der Waals surface area contributed by atoms with Gasteiger partial charge >= 0.3 is 0 Å². The maximum absolute atomic E-state index is 14.0. The Labute approximate surface area is 182 Å². The zero-order valence-corrected chi connectivity index (χ0v) is 17.4. The van der Waals surface area contributed by atoms with E-state index < -0.39 is 17.7 Å². The first kappa shape index (κ1) is 20.3. The number of aromatic nitrogens is 3. The van der Waals surface area contributed by atoms with Gasteiger partial charge in [-0.2, -0.15) is 4.39 Å². The highest BCUT2D eigenvalue weighted by molar-refractivity contribution is 5.98. The summed E-state index contributed by atoms with van der Waals surface area (Å²) >= 11 is 0. The van der Waals surface area contributed by atoms with Gasteiger partial charge in [0.25, 0.3) is 5.91 Å². The van der Waals surface area contributed by atoms with E-state index in [1.807, 2.05) is 25.1 Å². The number of rotatable bonds is 4. The Morgan fingerprint density at radius 1 is 1.25 bits per heavy atom. The first-order valence-electron chi connectivity index (χ1n) is 10.5. The van der Waals surface area contributed by atoms with Crippen LogP contribution < -0.4 is 5.32 Å². The molecular formula is C23H21F2N5O2. The van der Waals surface area contributed by atoms with E-state index in [4.69, 9.17) is 0 Å². The lowest BCUT2D eigenvalue weighted by atomic mass is 9.89. The highest BCUT2D eigenvalue weighted by Crippen LogP contribution is 2.35. The van der Waals surface area contributed by atoms with E-state index in [2.05, 4.69) is 20.3 Å². The van der Waals surface area contributed by atoms with Crippen LogP contribution in [0, 0.1) is 23.6 Å². The number of halogens is 2. The fourth-order valence-corrected chi connectivity index (χ4v) is 4.12. The molecule has 1 aliphatic heterocycles. The van der Waals surface area contributed by atoms with Crippen LogP contribution in [-0.4, -0.2) is 44.8 Å². The van der Waals surface area contributed by atoms with Gasteiger partial charge in [0.15, 0.2) is 5.82 Å². The number of fused-ring (bicyclic) bond motifs is 1. The van der Waals surface area contributed by atoms with Crippen molar-refractivity contribution in [2.24, 2.45) is 11.8 Å². The highest BCUT2D eigenvalue weighted by atomic mass is 19.2. The first-order chi connectivity index (χ1) is 15.4. The molecule has 2 aliphatic rings. The Balaban J connectivity index is 1.44. The Morgan fingerprint density at radius 3 is 2.81 bits per heavy atom. The molecular weight excluding hydrogens is 416 g/mol. The van der Waals surface area contributed by atoms with Crippen molar-refractivity contribution in [3.8, 4) is 0 Å². The van der Waals surface area contributed by atoms with Crippen LogP contribution in [0.15, 0.2) is 36.7 Å². The maximum atomic E-state index is 14.0. The van der Waals surface area contributed by atoms with E-state index in [0.29, 0.717) is 18.0 Å².